The van der Waals surface area contributed by atoms with Gasteiger partial charge in [-0.05, 0) is 38.5 Å². The maximum absolute atomic E-state index is 5.67. The van der Waals surface area contributed by atoms with Crippen LogP contribution in [0, 0.1) is 0 Å². The smallest absolute Gasteiger partial charge is 0.297 e. The van der Waals surface area contributed by atoms with Crippen LogP contribution >= 0.6 is 0 Å². The lowest BCUT2D eigenvalue weighted by Gasteiger charge is -2.16. The fraction of sp³-hybridized carbons (Fsp3) is 0.471. The van der Waals surface area contributed by atoms with Crippen molar-refractivity contribution in [1.82, 2.24) is 20.4 Å². The van der Waals surface area contributed by atoms with Crippen LogP contribution in [0.4, 0.5) is 6.01 Å². The van der Waals surface area contributed by atoms with Gasteiger partial charge in [-0.25, -0.2) is 0 Å². The summed E-state index contributed by atoms with van der Waals surface area (Å²) in [6.07, 6.45) is 0.989. The van der Waals surface area contributed by atoms with E-state index < -0.39 is 0 Å². The highest BCUT2D eigenvalue weighted by molar-refractivity contribution is 5.80. The normalized spacial score (nSPS) is 19.9. The molecule has 4 rings (SSSR count). The largest absolute Gasteiger partial charge is 0.423 e. The van der Waals surface area contributed by atoms with Gasteiger partial charge in [-0.15, -0.1) is 0 Å². The number of aromatic nitrogens is 3. The molecule has 0 aliphatic carbocycles. The second-order valence-electron chi connectivity index (χ2n) is 7.20. The number of nitrogens with one attached hydrogen (secondary N) is 1. The molecule has 126 valence electrons. The molecule has 1 fully saturated rings. The second kappa shape index (κ2) is 5.31. The van der Waals surface area contributed by atoms with Crippen LogP contribution in [0.2, 0.25) is 0 Å². The van der Waals surface area contributed by atoms with Crippen molar-refractivity contribution in [3.8, 4) is 11.4 Å². The second-order valence-corrected chi connectivity index (χ2v) is 7.20. The molecule has 0 spiro atoms. The van der Waals surface area contributed by atoms with Gasteiger partial charge in [0.25, 0.3) is 6.01 Å². The van der Waals surface area contributed by atoms with E-state index in [1.807, 2.05) is 37.2 Å². The lowest BCUT2D eigenvalue weighted by Crippen LogP contribution is -2.31. The van der Waals surface area contributed by atoms with E-state index in [1.165, 1.54) is 0 Å². The van der Waals surface area contributed by atoms with Gasteiger partial charge in [-0.3, -0.25) is 0 Å². The summed E-state index contributed by atoms with van der Waals surface area (Å²) in [4.78, 5) is 10.9. The van der Waals surface area contributed by atoms with E-state index >= 15 is 0 Å². The molecule has 24 heavy (non-hydrogen) atoms. The number of benzene rings is 1. The molecule has 1 aliphatic heterocycles. The first-order chi connectivity index (χ1) is 11.4. The van der Waals surface area contributed by atoms with Crippen molar-refractivity contribution in [3.63, 3.8) is 0 Å². The summed E-state index contributed by atoms with van der Waals surface area (Å²) in [6, 6.07) is 6.33. The Balaban J connectivity index is 1.63. The number of rotatable bonds is 3. The van der Waals surface area contributed by atoms with Crippen LogP contribution in [-0.2, 0) is 0 Å². The molecule has 1 saturated heterocycles. The Hall–Kier alpha value is -2.41. The molecule has 0 bridgehead atoms. The average Bonchev–Trinajstić information content (AvgIpc) is 3.22. The van der Waals surface area contributed by atoms with Crippen LogP contribution in [-0.4, -0.2) is 41.3 Å². The van der Waals surface area contributed by atoms with Crippen molar-refractivity contribution in [2.45, 2.75) is 31.7 Å². The van der Waals surface area contributed by atoms with Gasteiger partial charge >= 0.3 is 0 Å². The molecular formula is C17H21N5O2. The Morgan fingerprint density at radius 3 is 2.79 bits per heavy atom. The first-order valence-electron chi connectivity index (χ1n) is 8.08. The Kier molecular flexibility index (Phi) is 3.35. The van der Waals surface area contributed by atoms with Crippen molar-refractivity contribution in [3.05, 3.63) is 24.1 Å². The molecule has 1 aromatic carbocycles. The summed E-state index contributed by atoms with van der Waals surface area (Å²) < 4.78 is 11.2. The minimum Gasteiger partial charge on any atom is -0.423 e. The molecule has 0 saturated carbocycles. The highest BCUT2D eigenvalue weighted by Gasteiger charge is 2.34. The Labute approximate surface area is 140 Å². The molecule has 1 N–H and O–H groups in total. The van der Waals surface area contributed by atoms with Crippen LogP contribution in [0.3, 0.4) is 0 Å². The van der Waals surface area contributed by atoms with Crippen LogP contribution in [0.5, 0.6) is 0 Å². The van der Waals surface area contributed by atoms with Gasteiger partial charge in [0.1, 0.15) is 5.52 Å². The van der Waals surface area contributed by atoms with Crippen LogP contribution in [0.15, 0.2) is 27.1 Å². The van der Waals surface area contributed by atoms with E-state index in [-0.39, 0.29) is 11.5 Å². The van der Waals surface area contributed by atoms with Gasteiger partial charge in [-0.1, -0.05) is 5.16 Å². The fourth-order valence-electron chi connectivity index (χ4n) is 3.10. The minimum absolute atomic E-state index is 0.113. The topological polar surface area (TPSA) is 80.2 Å². The molecule has 1 aliphatic rings. The fourth-order valence-corrected chi connectivity index (χ4v) is 3.10. The Morgan fingerprint density at radius 1 is 1.25 bits per heavy atom. The molecule has 7 nitrogen and oxygen atoms in total. The molecule has 3 heterocycles. The number of oxazole rings is 1. The van der Waals surface area contributed by atoms with Gasteiger partial charge in [-0.2, -0.15) is 9.97 Å². The maximum atomic E-state index is 5.67. The number of hydrogen-bond donors (Lipinski definition) is 1. The van der Waals surface area contributed by atoms with E-state index in [2.05, 4.69) is 34.3 Å². The monoisotopic (exact) mass is 327 g/mol. The molecular weight excluding hydrogens is 306 g/mol. The predicted molar refractivity (Wildman–Crippen MR) is 91.1 cm³/mol. The van der Waals surface area contributed by atoms with Crippen LogP contribution < -0.4 is 10.2 Å². The zero-order chi connectivity index (χ0) is 16.9. The Morgan fingerprint density at radius 2 is 2.08 bits per heavy atom. The zero-order valence-electron chi connectivity index (χ0n) is 14.3. The lowest BCUT2D eigenvalue weighted by molar-refractivity contribution is 0.353. The van der Waals surface area contributed by atoms with Gasteiger partial charge in [0.2, 0.25) is 11.7 Å². The third-order valence-electron chi connectivity index (χ3n) is 4.39. The average molecular weight is 327 g/mol. The summed E-state index contributed by atoms with van der Waals surface area (Å²) in [7, 11) is 3.79. The van der Waals surface area contributed by atoms with Crippen molar-refractivity contribution < 1.29 is 8.94 Å². The lowest BCUT2D eigenvalue weighted by atomic mass is 9.97. The van der Waals surface area contributed by atoms with Crippen LogP contribution in [0.25, 0.3) is 22.5 Å². The number of fused-ring (bicyclic) bond motifs is 1. The first kappa shape index (κ1) is 15.1. The molecule has 0 radical (unpaired) electrons. The maximum Gasteiger partial charge on any atom is 0.297 e. The zero-order valence-corrected chi connectivity index (χ0v) is 14.3. The quantitative estimate of drug-likeness (QED) is 0.792. The summed E-state index contributed by atoms with van der Waals surface area (Å²) in [5, 5.41) is 7.62. The van der Waals surface area contributed by atoms with Crippen molar-refractivity contribution in [1.29, 1.82) is 0 Å². The summed E-state index contributed by atoms with van der Waals surface area (Å²) in [6.45, 7) is 5.24. The number of nitrogens with zero attached hydrogens (tertiary/aromatic N) is 4. The van der Waals surface area contributed by atoms with Gasteiger partial charge in [0.15, 0.2) is 5.58 Å². The SMILES string of the molecule is CN(C)c1nc2cc(-c3noc(C4CNC(C)(C)C4)n3)ccc2o1. The molecule has 0 amide bonds. The third kappa shape index (κ3) is 2.65. The Bertz CT molecular complexity index is 880. The highest BCUT2D eigenvalue weighted by Crippen LogP contribution is 2.32. The first-order valence-corrected chi connectivity index (χ1v) is 8.08. The third-order valence-corrected chi connectivity index (χ3v) is 4.39. The number of hydrogen-bond acceptors (Lipinski definition) is 7. The van der Waals surface area contributed by atoms with E-state index in [9.17, 15) is 0 Å². The van der Waals surface area contributed by atoms with E-state index in [0.717, 1.165) is 29.6 Å². The standard InChI is InChI=1S/C17H21N5O2/c1-17(2)8-11(9-18-17)15-20-14(21-24-15)10-5-6-13-12(7-10)19-16(23-13)22(3)4/h5-7,11,18H,8-9H2,1-4H3. The summed E-state index contributed by atoms with van der Waals surface area (Å²) in [5.41, 5.74) is 2.52. The highest BCUT2D eigenvalue weighted by atomic mass is 16.5. The van der Waals surface area contributed by atoms with Gasteiger partial charge in [0.05, 0.1) is 5.92 Å². The van der Waals surface area contributed by atoms with Crippen molar-refractivity contribution in [2.24, 2.45) is 0 Å². The van der Waals surface area contributed by atoms with E-state index in [4.69, 9.17) is 8.94 Å². The molecule has 1 atom stereocenters. The van der Waals surface area contributed by atoms with Gasteiger partial charge in [0, 0.05) is 31.7 Å². The van der Waals surface area contributed by atoms with E-state index in [0.29, 0.717) is 17.7 Å². The number of anilines is 1. The predicted octanol–water partition coefficient (Wildman–Crippen LogP) is 2.80. The minimum atomic E-state index is 0.113. The van der Waals surface area contributed by atoms with Gasteiger partial charge < -0.3 is 19.2 Å². The van der Waals surface area contributed by atoms with Crippen molar-refractivity contribution >= 4 is 17.1 Å². The summed E-state index contributed by atoms with van der Waals surface area (Å²) in [5.74, 6) is 1.54. The van der Waals surface area contributed by atoms with Crippen molar-refractivity contribution in [2.75, 3.05) is 25.5 Å². The molecule has 7 heteroatoms. The molecule has 1 unspecified atom stereocenters. The van der Waals surface area contributed by atoms with Crippen LogP contribution in [0.1, 0.15) is 32.1 Å². The molecule has 2 aromatic heterocycles. The summed E-state index contributed by atoms with van der Waals surface area (Å²) >= 11 is 0. The van der Waals surface area contributed by atoms with E-state index in [1.54, 1.807) is 0 Å². The molecule has 3 aromatic rings.